The molecule has 0 unspecified atom stereocenters. The number of anilines is 1. The summed E-state index contributed by atoms with van der Waals surface area (Å²) in [7, 11) is 0. The van der Waals surface area contributed by atoms with E-state index < -0.39 is 0 Å². The number of aromatic nitrogens is 2. The summed E-state index contributed by atoms with van der Waals surface area (Å²) in [6.07, 6.45) is 2.48. The summed E-state index contributed by atoms with van der Waals surface area (Å²) in [6.45, 7) is 2.29. The van der Waals surface area contributed by atoms with Crippen molar-refractivity contribution in [2.45, 2.75) is 25.7 Å². The zero-order valence-corrected chi connectivity index (χ0v) is 10.0. The van der Waals surface area contributed by atoms with Crippen LogP contribution in [-0.2, 0) is 0 Å². The molecule has 1 aromatic heterocycles. The van der Waals surface area contributed by atoms with Gasteiger partial charge in [-0.2, -0.15) is 5.10 Å². The van der Waals surface area contributed by atoms with Gasteiger partial charge in [0, 0.05) is 12.0 Å². The molecule has 0 radical (unpaired) electrons. The Morgan fingerprint density at radius 1 is 1.24 bits per heavy atom. The van der Waals surface area contributed by atoms with Crippen LogP contribution in [0.15, 0.2) is 36.4 Å². The van der Waals surface area contributed by atoms with E-state index in [0.29, 0.717) is 5.92 Å². The van der Waals surface area contributed by atoms with Gasteiger partial charge in [-0.25, -0.2) is 4.68 Å². The van der Waals surface area contributed by atoms with Gasteiger partial charge in [0.2, 0.25) is 0 Å². The maximum Gasteiger partial charge on any atom is 0.127 e. The largest absolute Gasteiger partial charge is 0.384 e. The Balaban J connectivity index is 1.91. The van der Waals surface area contributed by atoms with Gasteiger partial charge in [-0.05, 0) is 30.9 Å². The molecule has 1 heterocycles. The zero-order valence-electron chi connectivity index (χ0n) is 10.0. The van der Waals surface area contributed by atoms with Gasteiger partial charge in [-0.3, -0.25) is 0 Å². The fourth-order valence-electron chi connectivity index (χ4n) is 2.53. The predicted molar refractivity (Wildman–Crippen MR) is 69.1 cm³/mol. The van der Waals surface area contributed by atoms with Crippen LogP contribution in [0.1, 0.15) is 31.4 Å². The van der Waals surface area contributed by atoms with Crippen molar-refractivity contribution in [2.75, 3.05) is 5.73 Å². The Kier molecular flexibility index (Phi) is 2.39. The Labute approximate surface area is 101 Å². The quantitative estimate of drug-likeness (QED) is 0.857. The lowest BCUT2D eigenvalue weighted by atomic mass is 9.74. The van der Waals surface area contributed by atoms with Crippen LogP contribution in [0.25, 0.3) is 5.69 Å². The summed E-state index contributed by atoms with van der Waals surface area (Å²) in [5.74, 6) is 2.17. The summed E-state index contributed by atoms with van der Waals surface area (Å²) in [6, 6.07) is 12.1. The van der Waals surface area contributed by atoms with Gasteiger partial charge in [-0.1, -0.05) is 25.1 Å². The summed E-state index contributed by atoms with van der Waals surface area (Å²) < 4.78 is 1.83. The van der Waals surface area contributed by atoms with Crippen molar-refractivity contribution in [3.63, 3.8) is 0 Å². The molecule has 1 aliphatic carbocycles. The summed E-state index contributed by atoms with van der Waals surface area (Å²) in [4.78, 5) is 0. The van der Waals surface area contributed by atoms with E-state index in [1.807, 2.05) is 41.1 Å². The minimum Gasteiger partial charge on any atom is -0.384 e. The third-order valence-corrected chi connectivity index (χ3v) is 3.55. The second-order valence-corrected chi connectivity index (χ2v) is 5.01. The van der Waals surface area contributed by atoms with Gasteiger partial charge in [0.25, 0.3) is 0 Å². The van der Waals surface area contributed by atoms with E-state index in [-0.39, 0.29) is 0 Å². The van der Waals surface area contributed by atoms with E-state index in [9.17, 15) is 0 Å². The first-order chi connectivity index (χ1) is 8.24. The normalized spacial score (nSPS) is 23.4. The van der Waals surface area contributed by atoms with Gasteiger partial charge in [0.1, 0.15) is 5.82 Å². The molecule has 88 valence electrons. The molecule has 0 spiro atoms. The molecule has 2 N–H and O–H groups in total. The molecular formula is C14H17N3. The first kappa shape index (κ1) is 10.4. The predicted octanol–water partition coefficient (Wildman–Crippen LogP) is 2.97. The highest BCUT2D eigenvalue weighted by atomic mass is 15.3. The molecule has 0 aliphatic heterocycles. The van der Waals surface area contributed by atoms with Gasteiger partial charge < -0.3 is 5.73 Å². The van der Waals surface area contributed by atoms with Crippen molar-refractivity contribution in [2.24, 2.45) is 5.92 Å². The monoisotopic (exact) mass is 227 g/mol. The van der Waals surface area contributed by atoms with E-state index in [4.69, 9.17) is 5.73 Å². The van der Waals surface area contributed by atoms with Gasteiger partial charge in [-0.15, -0.1) is 0 Å². The van der Waals surface area contributed by atoms with Crippen molar-refractivity contribution in [1.29, 1.82) is 0 Å². The number of nitrogens with zero attached hydrogens (tertiary/aromatic N) is 2. The molecule has 0 atom stereocenters. The molecule has 3 nitrogen and oxygen atoms in total. The number of rotatable bonds is 2. The Morgan fingerprint density at radius 3 is 2.59 bits per heavy atom. The average molecular weight is 227 g/mol. The minimum atomic E-state index is 0.609. The van der Waals surface area contributed by atoms with Gasteiger partial charge in [0.05, 0.1) is 11.4 Å². The molecule has 1 saturated carbocycles. The van der Waals surface area contributed by atoms with E-state index in [1.54, 1.807) is 0 Å². The third-order valence-electron chi connectivity index (χ3n) is 3.55. The number of nitrogen functional groups attached to an aromatic ring is 1. The van der Waals surface area contributed by atoms with Crippen molar-refractivity contribution < 1.29 is 0 Å². The topological polar surface area (TPSA) is 43.8 Å². The van der Waals surface area contributed by atoms with E-state index in [1.165, 1.54) is 12.8 Å². The summed E-state index contributed by atoms with van der Waals surface area (Å²) in [5, 5.41) is 4.63. The number of hydrogen-bond acceptors (Lipinski definition) is 2. The number of hydrogen-bond donors (Lipinski definition) is 1. The van der Waals surface area contributed by atoms with Crippen molar-refractivity contribution in [3.05, 3.63) is 42.1 Å². The smallest absolute Gasteiger partial charge is 0.127 e. The fraction of sp³-hybridized carbons (Fsp3) is 0.357. The summed E-state index contributed by atoms with van der Waals surface area (Å²) >= 11 is 0. The minimum absolute atomic E-state index is 0.609. The zero-order chi connectivity index (χ0) is 11.8. The first-order valence-corrected chi connectivity index (χ1v) is 6.15. The molecule has 3 rings (SSSR count). The van der Waals surface area contributed by atoms with Crippen LogP contribution in [0.5, 0.6) is 0 Å². The van der Waals surface area contributed by atoms with Crippen LogP contribution >= 0.6 is 0 Å². The molecule has 0 bridgehead atoms. The lowest BCUT2D eigenvalue weighted by Gasteiger charge is -2.31. The van der Waals surface area contributed by atoms with Crippen LogP contribution in [0.3, 0.4) is 0 Å². The van der Waals surface area contributed by atoms with Crippen LogP contribution < -0.4 is 5.73 Å². The van der Waals surface area contributed by atoms with Crippen molar-refractivity contribution >= 4 is 5.82 Å². The van der Waals surface area contributed by atoms with Crippen LogP contribution in [0.4, 0.5) is 5.82 Å². The molecule has 0 amide bonds. The van der Waals surface area contributed by atoms with Crippen LogP contribution in [-0.4, -0.2) is 9.78 Å². The maximum atomic E-state index is 6.03. The Bertz CT molecular complexity index is 510. The highest BCUT2D eigenvalue weighted by Crippen LogP contribution is 2.41. The molecule has 1 aliphatic rings. The lowest BCUT2D eigenvalue weighted by Crippen LogP contribution is -2.19. The van der Waals surface area contributed by atoms with Gasteiger partial charge >= 0.3 is 0 Å². The average Bonchev–Trinajstić information content (AvgIpc) is 2.68. The summed E-state index contributed by atoms with van der Waals surface area (Å²) in [5.41, 5.74) is 8.20. The second kappa shape index (κ2) is 3.91. The Hall–Kier alpha value is -1.77. The molecule has 2 aromatic rings. The van der Waals surface area contributed by atoms with Gasteiger partial charge in [0.15, 0.2) is 0 Å². The first-order valence-electron chi connectivity index (χ1n) is 6.15. The van der Waals surface area contributed by atoms with E-state index in [0.717, 1.165) is 23.1 Å². The fourth-order valence-corrected chi connectivity index (χ4v) is 2.53. The third kappa shape index (κ3) is 1.82. The molecule has 1 fully saturated rings. The molecular weight excluding hydrogens is 210 g/mol. The van der Waals surface area contributed by atoms with Crippen molar-refractivity contribution in [3.8, 4) is 5.69 Å². The number of nitrogens with two attached hydrogens (primary N) is 1. The molecule has 0 saturated heterocycles. The standard InChI is InChI=1S/C14H17N3/c1-10-7-11(8-10)13-9-14(15)17(16-13)12-5-3-2-4-6-12/h2-6,9-11H,7-8,15H2,1H3. The highest BCUT2D eigenvalue weighted by molar-refractivity contribution is 5.43. The van der Waals surface area contributed by atoms with Crippen molar-refractivity contribution in [1.82, 2.24) is 9.78 Å². The molecule has 1 aromatic carbocycles. The SMILES string of the molecule is CC1CC(c2cc(N)n(-c3ccccc3)n2)C1. The second-order valence-electron chi connectivity index (χ2n) is 5.01. The number of para-hydroxylation sites is 1. The lowest BCUT2D eigenvalue weighted by molar-refractivity contribution is 0.283. The highest BCUT2D eigenvalue weighted by Gasteiger charge is 2.29. The van der Waals surface area contributed by atoms with E-state index >= 15 is 0 Å². The Morgan fingerprint density at radius 2 is 1.94 bits per heavy atom. The molecule has 3 heteroatoms. The molecule has 17 heavy (non-hydrogen) atoms. The van der Waals surface area contributed by atoms with Crippen LogP contribution in [0, 0.1) is 5.92 Å². The van der Waals surface area contributed by atoms with Crippen LogP contribution in [0.2, 0.25) is 0 Å². The number of benzene rings is 1. The van der Waals surface area contributed by atoms with E-state index in [2.05, 4.69) is 12.0 Å². The maximum absolute atomic E-state index is 6.03.